The second-order valence-electron chi connectivity index (χ2n) is 5.57. The molecule has 0 bridgehead atoms. The fraction of sp³-hybridized carbons (Fsp3) is 0.562. The topological polar surface area (TPSA) is 53.0 Å². The first-order valence-corrected chi connectivity index (χ1v) is 7.53. The van der Waals surface area contributed by atoms with E-state index in [0.29, 0.717) is 25.2 Å². The second-order valence-corrected chi connectivity index (χ2v) is 5.57. The van der Waals surface area contributed by atoms with Gasteiger partial charge in [0.15, 0.2) is 0 Å². The molecule has 1 aliphatic heterocycles. The quantitative estimate of drug-likeness (QED) is 0.847. The van der Waals surface area contributed by atoms with Crippen LogP contribution in [-0.4, -0.2) is 66.2 Å². The molecule has 0 aromatic heterocycles. The lowest BCUT2D eigenvalue weighted by atomic mass is 10.2. The van der Waals surface area contributed by atoms with Gasteiger partial charge in [-0.1, -0.05) is 18.2 Å². The second kappa shape index (κ2) is 8.22. The van der Waals surface area contributed by atoms with Crippen LogP contribution < -0.4 is 0 Å². The standard InChI is InChI=1S/C16H23FN2O3/c1-13(20)19-8-6-18(7-9-19)10-15(21)12-22-11-14-4-2-3-5-16(14)17/h2-5,15,21H,6-12H2,1H3. The Morgan fingerprint density at radius 2 is 2.00 bits per heavy atom. The van der Waals surface area contributed by atoms with Gasteiger partial charge in [0, 0.05) is 45.2 Å². The highest BCUT2D eigenvalue weighted by atomic mass is 19.1. The molecule has 1 heterocycles. The molecular weight excluding hydrogens is 287 g/mol. The third-order valence-electron chi connectivity index (χ3n) is 3.81. The first kappa shape index (κ1) is 16.9. The number of carbonyl (C=O) groups excluding carboxylic acids is 1. The van der Waals surface area contributed by atoms with Crippen molar-refractivity contribution in [3.8, 4) is 0 Å². The van der Waals surface area contributed by atoms with Crippen LogP contribution >= 0.6 is 0 Å². The van der Waals surface area contributed by atoms with Gasteiger partial charge in [-0.3, -0.25) is 9.69 Å². The van der Waals surface area contributed by atoms with Crippen molar-refractivity contribution in [1.82, 2.24) is 9.80 Å². The van der Waals surface area contributed by atoms with Crippen molar-refractivity contribution in [3.05, 3.63) is 35.6 Å². The number of ether oxygens (including phenoxy) is 1. The highest BCUT2D eigenvalue weighted by molar-refractivity contribution is 5.73. The first-order valence-electron chi connectivity index (χ1n) is 7.53. The van der Waals surface area contributed by atoms with E-state index in [1.807, 2.05) is 0 Å². The van der Waals surface area contributed by atoms with Crippen LogP contribution in [0.25, 0.3) is 0 Å². The van der Waals surface area contributed by atoms with Gasteiger partial charge in [-0.05, 0) is 6.07 Å². The molecule has 22 heavy (non-hydrogen) atoms. The fourth-order valence-electron chi connectivity index (χ4n) is 2.52. The van der Waals surface area contributed by atoms with Gasteiger partial charge >= 0.3 is 0 Å². The van der Waals surface area contributed by atoms with Crippen molar-refractivity contribution in [2.75, 3.05) is 39.3 Å². The number of hydrogen-bond donors (Lipinski definition) is 1. The molecule has 2 rings (SSSR count). The summed E-state index contributed by atoms with van der Waals surface area (Å²) in [6.45, 7) is 5.29. The smallest absolute Gasteiger partial charge is 0.219 e. The fourth-order valence-corrected chi connectivity index (χ4v) is 2.52. The van der Waals surface area contributed by atoms with Crippen molar-refractivity contribution >= 4 is 5.91 Å². The molecule has 0 radical (unpaired) electrons. The molecule has 5 nitrogen and oxygen atoms in total. The Morgan fingerprint density at radius 3 is 2.64 bits per heavy atom. The Labute approximate surface area is 130 Å². The van der Waals surface area contributed by atoms with Crippen molar-refractivity contribution in [2.24, 2.45) is 0 Å². The maximum atomic E-state index is 13.4. The normalized spacial score (nSPS) is 17.5. The van der Waals surface area contributed by atoms with E-state index < -0.39 is 6.10 Å². The number of nitrogens with zero attached hydrogens (tertiary/aromatic N) is 2. The third kappa shape index (κ3) is 5.05. The van der Waals surface area contributed by atoms with Crippen LogP contribution in [0.4, 0.5) is 4.39 Å². The van der Waals surface area contributed by atoms with Gasteiger partial charge in [0.25, 0.3) is 0 Å². The Bertz CT molecular complexity index is 490. The molecule has 1 N–H and O–H groups in total. The molecule has 1 aromatic carbocycles. The van der Waals surface area contributed by atoms with Crippen molar-refractivity contribution in [1.29, 1.82) is 0 Å². The average molecular weight is 310 g/mol. The Morgan fingerprint density at radius 1 is 1.32 bits per heavy atom. The summed E-state index contributed by atoms with van der Waals surface area (Å²) in [6.07, 6.45) is -0.615. The maximum absolute atomic E-state index is 13.4. The number of piperazine rings is 1. The van der Waals surface area contributed by atoms with Crippen molar-refractivity contribution in [3.63, 3.8) is 0 Å². The van der Waals surface area contributed by atoms with Gasteiger partial charge in [-0.2, -0.15) is 0 Å². The van der Waals surface area contributed by atoms with E-state index in [0.717, 1.165) is 13.1 Å². The van der Waals surface area contributed by atoms with Crippen molar-refractivity contribution in [2.45, 2.75) is 19.6 Å². The number of aliphatic hydroxyl groups excluding tert-OH is 1. The van der Waals surface area contributed by atoms with E-state index in [1.165, 1.54) is 6.07 Å². The zero-order valence-corrected chi connectivity index (χ0v) is 12.9. The molecule has 122 valence electrons. The SMILES string of the molecule is CC(=O)N1CCN(CC(O)COCc2ccccc2F)CC1. The van der Waals surface area contributed by atoms with Crippen LogP contribution in [0.5, 0.6) is 0 Å². The summed E-state index contributed by atoms with van der Waals surface area (Å²) in [6, 6.07) is 6.45. The molecule has 0 aliphatic carbocycles. The van der Waals surface area contributed by atoms with E-state index in [-0.39, 0.29) is 24.9 Å². The zero-order chi connectivity index (χ0) is 15.9. The third-order valence-corrected chi connectivity index (χ3v) is 3.81. The number of halogens is 1. The molecule has 1 unspecified atom stereocenters. The molecule has 6 heteroatoms. The lowest BCUT2D eigenvalue weighted by molar-refractivity contribution is -0.130. The molecule has 1 fully saturated rings. The van der Waals surface area contributed by atoms with Crippen LogP contribution in [0.15, 0.2) is 24.3 Å². The minimum atomic E-state index is -0.615. The Kier molecular flexibility index (Phi) is 6.30. The van der Waals surface area contributed by atoms with E-state index in [2.05, 4.69) is 4.90 Å². The van der Waals surface area contributed by atoms with Crippen molar-refractivity contribution < 1.29 is 19.0 Å². The monoisotopic (exact) mass is 310 g/mol. The number of rotatable bonds is 6. The minimum absolute atomic E-state index is 0.0911. The van der Waals surface area contributed by atoms with Crippen LogP contribution in [0.1, 0.15) is 12.5 Å². The van der Waals surface area contributed by atoms with E-state index in [1.54, 1.807) is 30.0 Å². The molecule has 1 aromatic rings. The molecule has 1 aliphatic rings. The maximum Gasteiger partial charge on any atom is 0.219 e. The largest absolute Gasteiger partial charge is 0.389 e. The van der Waals surface area contributed by atoms with Gasteiger partial charge in [0.05, 0.1) is 19.3 Å². The van der Waals surface area contributed by atoms with Crippen LogP contribution in [0.2, 0.25) is 0 Å². The van der Waals surface area contributed by atoms with E-state index >= 15 is 0 Å². The molecule has 0 saturated carbocycles. The minimum Gasteiger partial charge on any atom is -0.389 e. The van der Waals surface area contributed by atoms with Crippen LogP contribution in [-0.2, 0) is 16.1 Å². The number of β-amino-alcohol motifs (C(OH)–C–C–N with tert-alkyl or cyclic N) is 1. The highest BCUT2D eigenvalue weighted by Crippen LogP contribution is 2.08. The first-order chi connectivity index (χ1) is 10.6. The number of benzene rings is 1. The average Bonchev–Trinajstić information content (AvgIpc) is 2.50. The Balaban J connectivity index is 1.65. The summed E-state index contributed by atoms with van der Waals surface area (Å²) in [5, 5.41) is 9.98. The molecular formula is C16H23FN2O3. The summed E-state index contributed by atoms with van der Waals surface area (Å²) in [5.74, 6) is -0.203. The molecule has 0 spiro atoms. The predicted molar refractivity (Wildman–Crippen MR) is 80.8 cm³/mol. The van der Waals surface area contributed by atoms with E-state index in [9.17, 15) is 14.3 Å². The molecule has 1 atom stereocenters. The number of aliphatic hydroxyl groups is 1. The summed E-state index contributed by atoms with van der Waals surface area (Å²) in [5.41, 5.74) is 0.491. The van der Waals surface area contributed by atoms with Gasteiger partial charge in [0.2, 0.25) is 5.91 Å². The van der Waals surface area contributed by atoms with Gasteiger partial charge in [-0.15, -0.1) is 0 Å². The summed E-state index contributed by atoms with van der Waals surface area (Å²) < 4.78 is 18.8. The van der Waals surface area contributed by atoms with E-state index in [4.69, 9.17) is 4.74 Å². The number of carbonyl (C=O) groups is 1. The summed E-state index contributed by atoms with van der Waals surface area (Å²) in [7, 11) is 0. The van der Waals surface area contributed by atoms with Gasteiger partial charge in [0.1, 0.15) is 5.82 Å². The van der Waals surface area contributed by atoms with Crippen LogP contribution in [0, 0.1) is 5.82 Å². The number of hydrogen-bond acceptors (Lipinski definition) is 4. The van der Waals surface area contributed by atoms with Crippen LogP contribution in [0.3, 0.4) is 0 Å². The zero-order valence-electron chi connectivity index (χ0n) is 12.9. The predicted octanol–water partition coefficient (Wildman–Crippen LogP) is 0.867. The Hall–Kier alpha value is -1.50. The molecule has 1 amide bonds. The lowest BCUT2D eigenvalue weighted by Gasteiger charge is -2.35. The van der Waals surface area contributed by atoms with Gasteiger partial charge < -0.3 is 14.7 Å². The summed E-state index contributed by atoms with van der Waals surface area (Å²) >= 11 is 0. The number of amides is 1. The highest BCUT2D eigenvalue weighted by Gasteiger charge is 2.20. The summed E-state index contributed by atoms with van der Waals surface area (Å²) in [4.78, 5) is 15.1. The lowest BCUT2D eigenvalue weighted by Crippen LogP contribution is -2.50. The van der Waals surface area contributed by atoms with Gasteiger partial charge in [-0.25, -0.2) is 4.39 Å². The molecule has 1 saturated heterocycles.